The standard InChI is InChI=1S/C16H17N3S/c1-2-20-16-9-4-3-7-14(16)17-11-13-12-18-19-10-6-5-8-15(13)19/h3-10,12,17H,2,11H2,1H3. The molecule has 0 aliphatic carbocycles. The number of thioether (sulfide) groups is 1. The number of para-hydroxylation sites is 1. The minimum atomic E-state index is 0.787. The van der Waals surface area contributed by atoms with Crippen LogP contribution in [0, 0.1) is 0 Å². The lowest BCUT2D eigenvalue weighted by atomic mass is 10.2. The van der Waals surface area contributed by atoms with E-state index in [4.69, 9.17) is 0 Å². The number of hydrogen-bond acceptors (Lipinski definition) is 3. The summed E-state index contributed by atoms with van der Waals surface area (Å²) in [6, 6.07) is 14.6. The van der Waals surface area contributed by atoms with Gasteiger partial charge in [-0.25, -0.2) is 4.52 Å². The van der Waals surface area contributed by atoms with Gasteiger partial charge in [-0.3, -0.25) is 0 Å². The summed E-state index contributed by atoms with van der Waals surface area (Å²) in [5, 5.41) is 7.88. The van der Waals surface area contributed by atoms with Crippen molar-refractivity contribution in [1.82, 2.24) is 9.61 Å². The Hall–Kier alpha value is -1.94. The Morgan fingerprint density at radius 3 is 2.90 bits per heavy atom. The van der Waals surface area contributed by atoms with Crippen LogP contribution in [0.1, 0.15) is 12.5 Å². The minimum Gasteiger partial charge on any atom is -0.380 e. The number of nitrogens with one attached hydrogen (secondary N) is 1. The Labute approximate surface area is 123 Å². The third kappa shape index (κ3) is 2.65. The lowest BCUT2D eigenvalue weighted by Gasteiger charge is -2.10. The highest BCUT2D eigenvalue weighted by Crippen LogP contribution is 2.27. The summed E-state index contributed by atoms with van der Waals surface area (Å²) in [6.07, 6.45) is 3.90. The van der Waals surface area contributed by atoms with E-state index in [1.807, 2.05) is 40.8 Å². The fourth-order valence-corrected chi connectivity index (χ4v) is 2.99. The normalized spacial score (nSPS) is 10.8. The number of benzene rings is 1. The Bertz CT molecular complexity index is 706. The van der Waals surface area contributed by atoms with Gasteiger partial charge in [0.15, 0.2) is 0 Å². The molecule has 102 valence electrons. The molecular weight excluding hydrogens is 266 g/mol. The minimum absolute atomic E-state index is 0.787. The van der Waals surface area contributed by atoms with Gasteiger partial charge in [0.1, 0.15) is 0 Å². The average Bonchev–Trinajstić information content (AvgIpc) is 2.90. The van der Waals surface area contributed by atoms with E-state index in [1.165, 1.54) is 16.1 Å². The van der Waals surface area contributed by atoms with Crippen LogP contribution in [0.3, 0.4) is 0 Å². The molecule has 1 aromatic carbocycles. The zero-order valence-electron chi connectivity index (χ0n) is 11.4. The van der Waals surface area contributed by atoms with Crippen LogP contribution in [0.5, 0.6) is 0 Å². The van der Waals surface area contributed by atoms with E-state index in [-0.39, 0.29) is 0 Å². The molecule has 0 radical (unpaired) electrons. The van der Waals surface area contributed by atoms with E-state index in [2.05, 4.69) is 47.7 Å². The van der Waals surface area contributed by atoms with Crippen molar-refractivity contribution in [2.75, 3.05) is 11.1 Å². The van der Waals surface area contributed by atoms with Gasteiger partial charge in [0.25, 0.3) is 0 Å². The number of hydrogen-bond donors (Lipinski definition) is 1. The summed E-state index contributed by atoms with van der Waals surface area (Å²) in [6.45, 7) is 2.96. The van der Waals surface area contributed by atoms with E-state index in [9.17, 15) is 0 Å². The molecule has 20 heavy (non-hydrogen) atoms. The maximum atomic E-state index is 4.36. The van der Waals surface area contributed by atoms with Gasteiger partial charge < -0.3 is 5.32 Å². The van der Waals surface area contributed by atoms with Crippen LogP contribution < -0.4 is 5.32 Å². The van der Waals surface area contributed by atoms with E-state index in [0.717, 1.165) is 17.8 Å². The second-order valence-electron chi connectivity index (χ2n) is 4.48. The Kier molecular flexibility index (Phi) is 3.92. The van der Waals surface area contributed by atoms with Crippen LogP contribution in [0.25, 0.3) is 5.52 Å². The van der Waals surface area contributed by atoms with Gasteiger partial charge >= 0.3 is 0 Å². The first-order chi connectivity index (χ1) is 9.88. The highest BCUT2D eigenvalue weighted by molar-refractivity contribution is 7.99. The maximum Gasteiger partial charge on any atom is 0.0711 e. The number of pyridine rings is 1. The Morgan fingerprint density at radius 2 is 2.00 bits per heavy atom. The second kappa shape index (κ2) is 6.01. The first kappa shape index (κ1) is 13.1. The lowest BCUT2D eigenvalue weighted by molar-refractivity contribution is 0.961. The van der Waals surface area contributed by atoms with E-state index in [0.29, 0.717) is 0 Å². The van der Waals surface area contributed by atoms with Crippen molar-refractivity contribution in [3.63, 3.8) is 0 Å². The Morgan fingerprint density at radius 1 is 1.15 bits per heavy atom. The highest BCUT2D eigenvalue weighted by atomic mass is 32.2. The van der Waals surface area contributed by atoms with Crippen LogP contribution >= 0.6 is 11.8 Å². The maximum absolute atomic E-state index is 4.36. The third-order valence-electron chi connectivity index (χ3n) is 3.16. The molecule has 0 amide bonds. The predicted octanol–water partition coefficient (Wildman–Crippen LogP) is 4.06. The summed E-state index contributed by atoms with van der Waals surface area (Å²) in [5.74, 6) is 1.08. The first-order valence-corrected chi connectivity index (χ1v) is 7.74. The number of aromatic nitrogens is 2. The van der Waals surface area contributed by atoms with E-state index >= 15 is 0 Å². The molecule has 3 nitrogen and oxygen atoms in total. The first-order valence-electron chi connectivity index (χ1n) is 6.75. The van der Waals surface area contributed by atoms with E-state index in [1.54, 1.807) is 0 Å². The van der Waals surface area contributed by atoms with Gasteiger partial charge in [0.05, 0.1) is 11.7 Å². The second-order valence-corrected chi connectivity index (χ2v) is 5.79. The zero-order valence-corrected chi connectivity index (χ0v) is 12.2. The molecule has 3 aromatic rings. The molecule has 0 aliphatic heterocycles. The van der Waals surface area contributed by atoms with Crippen molar-refractivity contribution < 1.29 is 0 Å². The zero-order chi connectivity index (χ0) is 13.8. The molecule has 0 unspecified atom stereocenters. The third-order valence-corrected chi connectivity index (χ3v) is 4.12. The monoisotopic (exact) mass is 283 g/mol. The molecule has 0 aliphatic rings. The van der Waals surface area contributed by atoms with Crippen molar-refractivity contribution >= 4 is 23.0 Å². The summed E-state index contributed by atoms with van der Waals surface area (Å²) < 4.78 is 1.91. The van der Waals surface area contributed by atoms with Crippen molar-refractivity contribution in [3.05, 3.63) is 60.4 Å². The molecular formula is C16H17N3S. The van der Waals surface area contributed by atoms with Gasteiger partial charge in [-0.1, -0.05) is 25.1 Å². The van der Waals surface area contributed by atoms with Crippen molar-refractivity contribution in [3.8, 4) is 0 Å². The summed E-state index contributed by atoms with van der Waals surface area (Å²) in [7, 11) is 0. The fraction of sp³-hybridized carbons (Fsp3) is 0.188. The fourth-order valence-electron chi connectivity index (χ4n) is 2.21. The van der Waals surface area contributed by atoms with Crippen LogP contribution in [-0.2, 0) is 6.54 Å². The van der Waals surface area contributed by atoms with Crippen LogP contribution in [-0.4, -0.2) is 15.4 Å². The molecule has 0 spiro atoms. The molecule has 3 rings (SSSR count). The molecule has 1 N–H and O–H groups in total. The smallest absolute Gasteiger partial charge is 0.0711 e. The number of rotatable bonds is 5. The van der Waals surface area contributed by atoms with Crippen LogP contribution in [0.15, 0.2) is 59.8 Å². The molecule has 0 fully saturated rings. The molecule has 2 aromatic heterocycles. The van der Waals surface area contributed by atoms with Gasteiger partial charge in [0, 0.05) is 28.9 Å². The predicted molar refractivity (Wildman–Crippen MR) is 85.4 cm³/mol. The van der Waals surface area contributed by atoms with Crippen molar-refractivity contribution in [1.29, 1.82) is 0 Å². The van der Waals surface area contributed by atoms with Gasteiger partial charge in [-0.15, -0.1) is 11.8 Å². The van der Waals surface area contributed by atoms with Crippen molar-refractivity contribution in [2.24, 2.45) is 0 Å². The lowest BCUT2D eigenvalue weighted by Crippen LogP contribution is -2.00. The molecule has 4 heteroatoms. The van der Waals surface area contributed by atoms with Gasteiger partial charge in [-0.2, -0.15) is 5.10 Å². The Balaban J connectivity index is 1.80. The van der Waals surface area contributed by atoms with E-state index < -0.39 is 0 Å². The van der Waals surface area contributed by atoms with Crippen molar-refractivity contribution in [2.45, 2.75) is 18.4 Å². The SMILES string of the molecule is CCSc1ccccc1NCc1cnn2ccccc12. The summed E-state index contributed by atoms with van der Waals surface area (Å²) in [4.78, 5) is 1.30. The molecule has 0 saturated carbocycles. The molecule has 0 saturated heterocycles. The highest BCUT2D eigenvalue weighted by Gasteiger charge is 2.05. The topological polar surface area (TPSA) is 29.3 Å². The summed E-state index contributed by atoms with van der Waals surface area (Å²) in [5.41, 5.74) is 3.55. The molecule has 0 atom stereocenters. The van der Waals surface area contributed by atoms with Gasteiger partial charge in [0.2, 0.25) is 0 Å². The quantitative estimate of drug-likeness (QED) is 0.716. The largest absolute Gasteiger partial charge is 0.380 e. The molecule has 2 heterocycles. The number of anilines is 1. The van der Waals surface area contributed by atoms with Crippen LogP contribution in [0.2, 0.25) is 0 Å². The number of fused-ring (bicyclic) bond motifs is 1. The molecule has 0 bridgehead atoms. The van der Waals surface area contributed by atoms with Crippen LogP contribution in [0.4, 0.5) is 5.69 Å². The average molecular weight is 283 g/mol. The summed E-state index contributed by atoms with van der Waals surface area (Å²) >= 11 is 1.86. The number of nitrogens with zero attached hydrogens (tertiary/aromatic N) is 2. The van der Waals surface area contributed by atoms with Gasteiger partial charge in [-0.05, 0) is 30.0 Å².